The molecular weight excluding hydrogens is 380 g/mol. The van der Waals surface area contributed by atoms with Crippen LogP contribution >= 0.6 is 22.9 Å². The summed E-state index contributed by atoms with van der Waals surface area (Å²) in [6.45, 7) is 2.00. The van der Waals surface area contributed by atoms with Crippen molar-refractivity contribution < 1.29 is 4.79 Å². The number of halogens is 1. The summed E-state index contributed by atoms with van der Waals surface area (Å²) >= 11 is 7.73. The van der Waals surface area contributed by atoms with Crippen molar-refractivity contribution in [3.8, 4) is 16.5 Å². The van der Waals surface area contributed by atoms with Crippen LogP contribution in [0.1, 0.15) is 30.2 Å². The lowest BCUT2D eigenvalue weighted by molar-refractivity contribution is -0.134. The number of thiophene rings is 1. The lowest BCUT2D eigenvalue weighted by atomic mass is 9.79. The highest BCUT2D eigenvalue weighted by atomic mass is 35.5. The van der Waals surface area contributed by atoms with Crippen LogP contribution in [0.15, 0.2) is 35.3 Å². The molecule has 4 rings (SSSR count). The van der Waals surface area contributed by atoms with Crippen LogP contribution in [0.4, 0.5) is 0 Å². The summed E-state index contributed by atoms with van der Waals surface area (Å²) in [7, 11) is 1.69. The van der Waals surface area contributed by atoms with Gasteiger partial charge < -0.3 is 5.73 Å². The van der Waals surface area contributed by atoms with Gasteiger partial charge in [-0.1, -0.05) is 11.6 Å². The molecule has 2 aromatic rings. The van der Waals surface area contributed by atoms with E-state index in [4.69, 9.17) is 22.3 Å². The molecule has 0 saturated heterocycles. The topological polar surface area (TPSA) is 82.5 Å². The second-order valence-electron chi connectivity index (χ2n) is 7.33. The molecule has 1 aliphatic heterocycles. The van der Waals surface area contributed by atoms with E-state index in [-0.39, 0.29) is 17.8 Å². The van der Waals surface area contributed by atoms with Crippen LogP contribution in [0, 0.1) is 23.2 Å². The highest BCUT2D eigenvalue weighted by Gasteiger charge is 2.53. The second-order valence-corrected chi connectivity index (χ2v) is 8.85. The van der Waals surface area contributed by atoms with Crippen molar-refractivity contribution in [1.29, 1.82) is 5.26 Å². The van der Waals surface area contributed by atoms with Gasteiger partial charge in [-0.15, -0.1) is 11.3 Å². The van der Waals surface area contributed by atoms with E-state index < -0.39 is 5.54 Å². The van der Waals surface area contributed by atoms with Crippen LogP contribution in [-0.4, -0.2) is 23.8 Å². The third-order valence-electron chi connectivity index (χ3n) is 5.40. The van der Waals surface area contributed by atoms with Gasteiger partial charge in [-0.05, 0) is 61.6 Å². The number of guanidine groups is 1. The molecule has 1 amide bonds. The first-order valence-electron chi connectivity index (χ1n) is 8.78. The van der Waals surface area contributed by atoms with Gasteiger partial charge in [-0.3, -0.25) is 9.69 Å². The Labute approximate surface area is 167 Å². The minimum Gasteiger partial charge on any atom is -0.369 e. The van der Waals surface area contributed by atoms with E-state index in [0.717, 1.165) is 28.2 Å². The van der Waals surface area contributed by atoms with Crippen molar-refractivity contribution >= 4 is 34.8 Å². The third-order valence-corrected chi connectivity index (χ3v) is 6.98. The van der Waals surface area contributed by atoms with Gasteiger partial charge in [-0.2, -0.15) is 5.26 Å². The molecule has 5 nitrogen and oxygen atoms in total. The summed E-state index contributed by atoms with van der Waals surface area (Å²) in [5.74, 6) is 0.444. The fourth-order valence-electron chi connectivity index (χ4n) is 3.80. The molecule has 1 aliphatic carbocycles. The van der Waals surface area contributed by atoms with Gasteiger partial charge in [0.25, 0.3) is 0 Å². The number of nitrogens with two attached hydrogens (primary N) is 1. The maximum atomic E-state index is 12.9. The van der Waals surface area contributed by atoms with E-state index in [9.17, 15) is 10.1 Å². The molecule has 138 valence electrons. The van der Waals surface area contributed by atoms with Crippen LogP contribution in [0.2, 0.25) is 5.02 Å². The van der Waals surface area contributed by atoms with Crippen molar-refractivity contribution in [2.24, 2.45) is 22.6 Å². The quantitative estimate of drug-likeness (QED) is 0.849. The Kier molecular flexibility index (Phi) is 4.25. The number of hydrogen-bond donors (Lipinski definition) is 1. The summed E-state index contributed by atoms with van der Waals surface area (Å²) in [5, 5.41) is 9.72. The molecule has 1 aromatic heterocycles. The number of rotatable bonds is 3. The van der Waals surface area contributed by atoms with Gasteiger partial charge in [0.2, 0.25) is 5.91 Å². The van der Waals surface area contributed by atoms with Gasteiger partial charge >= 0.3 is 0 Å². The number of benzene rings is 1. The van der Waals surface area contributed by atoms with Gasteiger partial charge in [0.05, 0.1) is 17.6 Å². The second kappa shape index (κ2) is 6.36. The molecule has 27 heavy (non-hydrogen) atoms. The van der Waals surface area contributed by atoms with Crippen molar-refractivity contribution in [2.45, 2.75) is 25.3 Å². The van der Waals surface area contributed by atoms with Gasteiger partial charge in [0.15, 0.2) is 5.96 Å². The zero-order valence-corrected chi connectivity index (χ0v) is 16.6. The lowest BCUT2D eigenvalue weighted by Gasteiger charge is -2.40. The van der Waals surface area contributed by atoms with Crippen LogP contribution in [0.3, 0.4) is 0 Å². The molecule has 2 unspecified atom stereocenters. The number of amides is 1. The lowest BCUT2D eigenvalue weighted by Crippen LogP contribution is -2.54. The zero-order valence-electron chi connectivity index (χ0n) is 15.1. The zero-order chi connectivity index (χ0) is 19.3. The molecule has 2 N–H and O–H groups in total. The minimum absolute atomic E-state index is 0.0389. The van der Waals surface area contributed by atoms with Crippen LogP contribution in [0.25, 0.3) is 10.4 Å². The largest absolute Gasteiger partial charge is 0.369 e. The third kappa shape index (κ3) is 3.01. The normalized spacial score (nSPS) is 25.3. The SMILES string of the molecule is CN1C(=O)C(C2CC2)C(C)(c2ccc(-c3cc(Cl)cc(C#N)c3)s2)N=C1N. The minimum atomic E-state index is -0.672. The molecule has 0 bridgehead atoms. The van der Waals surface area contributed by atoms with Crippen LogP contribution in [-0.2, 0) is 10.3 Å². The Hall–Kier alpha value is -2.36. The van der Waals surface area contributed by atoms with E-state index in [2.05, 4.69) is 6.07 Å². The molecule has 1 fully saturated rings. The van der Waals surface area contributed by atoms with Crippen molar-refractivity contribution in [2.75, 3.05) is 7.05 Å². The van der Waals surface area contributed by atoms with Crippen LogP contribution in [0.5, 0.6) is 0 Å². The van der Waals surface area contributed by atoms with Crippen molar-refractivity contribution in [3.05, 3.63) is 45.8 Å². The first-order chi connectivity index (χ1) is 12.8. The molecule has 7 heteroatoms. The monoisotopic (exact) mass is 398 g/mol. The number of carbonyl (C=O) groups excluding carboxylic acids is 1. The number of nitrogens with zero attached hydrogens (tertiary/aromatic N) is 3. The van der Waals surface area contributed by atoms with E-state index in [0.29, 0.717) is 16.5 Å². The van der Waals surface area contributed by atoms with Crippen molar-refractivity contribution in [1.82, 2.24) is 4.90 Å². The maximum Gasteiger partial charge on any atom is 0.235 e. The van der Waals surface area contributed by atoms with E-state index >= 15 is 0 Å². The smallest absolute Gasteiger partial charge is 0.235 e. The van der Waals surface area contributed by atoms with E-state index in [1.54, 1.807) is 24.5 Å². The average molecular weight is 399 g/mol. The first kappa shape index (κ1) is 18.0. The van der Waals surface area contributed by atoms with E-state index in [1.807, 2.05) is 31.2 Å². The summed E-state index contributed by atoms with van der Waals surface area (Å²) in [5.41, 5.74) is 6.78. The number of hydrogen-bond acceptors (Lipinski definition) is 5. The molecule has 2 aliphatic rings. The van der Waals surface area contributed by atoms with Gasteiger partial charge in [0.1, 0.15) is 5.54 Å². The molecule has 1 aromatic carbocycles. The van der Waals surface area contributed by atoms with E-state index in [1.165, 1.54) is 4.90 Å². The number of carbonyl (C=O) groups is 1. The Balaban J connectivity index is 1.79. The molecule has 2 heterocycles. The highest BCUT2D eigenvalue weighted by Crippen LogP contribution is 2.52. The molecule has 0 spiro atoms. The summed E-state index contributed by atoms with van der Waals surface area (Å²) < 4.78 is 0. The Morgan fingerprint density at radius 3 is 2.78 bits per heavy atom. The average Bonchev–Trinajstić information content (AvgIpc) is 3.32. The van der Waals surface area contributed by atoms with Crippen LogP contribution < -0.4 is 5.73 Å². The standard InChI is InChI=1S/C20H19ClN4OS/c1-20(17(12-3-4-12)18(26)25(2)19(23)24-20)16-6-5-15(27-16)13-7-11(10-22)8-14(21)9-13/h5-9,12,17H,3-4H2,1-2H3,(H2,23,24). The molecule has 0 radical (unpaired) electrons. The Morgan fingerprint density at radius 1 is 1.37 bits per heavy atom. The van der Waals surface area contributed by atoms with Gasteiger partial charge in [-0.25, -0.2) is 4.99 Å². The first-order valence-corrected chi connectivity index (χ1v) is 9.97. The summed E-state index contributed by atoms with van der Waals surface area (Å²) in [6, 6.07) is 11.4. The summed E-state index contributed by atoms with van der Waals surface area (Å²) in [4.78, 5) is 21.1. The Bertz CT molecular complexity index is 1000. The number of nitriles is 1. The molecular formula is C20H19ClN4OS. The predicted molar refractivity (Wildman–Crippen MR) is 107 cm³/mol. The van der Waals surface area contributed by atoms with Gasteiger partial charge in [0, 0.05) is 21.8 Å². The summed E-state index contributed by atoms with van der Waals surface area (Å²) in [6.07, 6.45) is 2.10. The molecule has 1 saturated carbocycles. The maximum absolute atomic E-state index is 12.9. The fraction of sp³-hybridized carbons (Fsp3) is 0.350. The van der Waals surface area contributed by atoms with Crippen molar-refractivity contribution in [3.63, 3.8) is 0 Å². The number of aliphatic imine (C=N–C) groups is 1. The highest BCUT2D eigenvalue weighted by molar-refractivity contribution is 7.15. The molecule has 2 atom stereocenters. The predicted octanol–water partition coefficient (Wildman–Crippen LogP) is 3.97. The fourth-order valence-corrected chi connectivity index (χ4v) is 5.16. The Morgan fingerprint density at radius 2 is 2.11 bits per heavy atom.